The lowest BCUT2D eigenvalue weighted by molar-refractivity contribution is -0.133. The number of aryl methyl sites for hydroxylation is 2. The Morgan fingerprint density at radius 1 is 0.932 bits per heavy atom. The van der Waals surface area contributed by atoms with E-state index in [0.717, 1.165) is 128 Å². The van der Waals surface area contributed by atoms with Crippen molar-refractivity contribution in [3.8, 4) is 0 Å². The standard InChI is InChI=1S/C34H54N6O4/c1-6-7-8-29-23-39(18-11-28-9-16-37(17-10-28)27(4)41)32(43)44-34(29)14-21-40(22-15-34)33(5)12-19-38(20-13-33)31(42)30-25(2)35-24-36-26(30)3/h24,28-29H,6-23H2,1-5H3. The lowest BCUT2D eigenvalue weighted by Crippen LogP contribution is -2.63. The van der Waals surface area contributed by atoms with Crippen LogP contribution in [0.2, 0.25) is 0 Å². The molecule has 1 atom stereocenters. The van der Waals surface area contributed by atoms with Gasteiger partial charge in [-0.3, -0.25) is 14.5 Å². The van der Waals surface area contributed by atoms with Crippen molar-refractivity contribution in [3.05, 3.63) is 23.3 Å². The molecule has 1 spiro atoms. The van der Waals surface area contributed by atoms with E-state index >= 15 is 0 Å². The van der Waals surface area contributed by atoms with Crippen LogP contribution in [0, 0.1) is 25.7 Å². The van der Waals surface area contributed by atoms with E-state index in [-0.39, 0.29) is 29.0 Å². The molecule has 3 amide bonds. The number of likely N-dealkylation sites (tertiary alicyclic amines) is 3. The fourth-order valence-electron chi connectivity index (χ4n) is 8.19. The molecule has 44 heavy (non-hydrogen) atoms. The Kier molecular flexibility index (Phi) is 10.2. The molecule has 0 radical (unpaired) electrons. The van der Waals surface area contributed by atoms with Crippen molar-refractivity contribution in [3.63, 3.8) is 0 Å². The Bertz CT molecular complexity index is 1160. The minimum absolute atomic E-state index is 0.0251. The molecule has 10 nitrogen and oxygen atoms in total. The quantitative estimate of drug-likeness (QED) is 0.416. The summed E-state index contributed by atoms with van der Waals surface area (Å²) in [7, 11) is 0. The van der Waals surface area contributed by atoms with Crippen LogP contribution in [-0.2, 0) is 9.53 Å². The van der Waals surface area contributed by atoms with Crippen LogP contribution < -0.4 is 0 Å². The van der Waals surface area contributed by atoms with Crippen molar-refractivity contribution in [1.82, 2.24) is 29.6 Å². The van der Waals surface area contributed by atoms with Gasteiger partial charge in [-0.15, -0.1) is 0 Å². The van der Waals surface area contributed by atoms with Crippen LogP contribution in [0.25, 0.3) is 0 Å². The van der Waals surface area contributed by atoms with Crippen LogP contribution in [0.4, 0.5) is 4.79 Å². The van der Waals surface area contributed by atoms with E-state index in [0.29, 0.717) is 17.4 Å². The Balaban J connectivity index is 1.15. The zero-order chi connectivity index (χ0) is 31.5. The SMILES string of the molecule is CCCCC1CN(CCC2CCN(C(C)=O)CC2)C(=O)OC12CCN(C1(C)CCN(C(=O)c3c(C)ncnc3C)CC1)CC2. The summed E-state index contributed by atoms with van der Waals surface area (Å²) >= 11 is 0. The normalized spacial score (nSPS) is 24.4. The summed E-state index contributed by atoms with van der Waals surface area (Å²) in [6, 6.07) is 0. The number of unbranched alkanes of at least 4 members (excludes halogenated alkanes) is 1. The first-order valence-electron chi connectivity index (χ1n) is 17.1. The maximum absolute atomic E-state index is 13.4. The second-order valence-corrected chi connectivity index (χ2v) is 14.2. The van der Waals surface area contributed by atoms with E-state index in [9.17, 15) is 14.4 Å². The molecule has 0 aliphatic carbocycles. The molecule has 5 heterocycles. The number of hydrogen-bond donors (Lipinski definition) is 0. The van der Waals surface area contributed by atoms with Crippen molar-refractivity contribution >= 4 is 17.9 Å². The van der Waals surface area contributed by atoms with Crippen LogP contribution in [-0.4, -0.2) is 111 Å². The predicted molar refractivity (Wildman–Crippen MR) is 169 cm³/mol. The molecular formula is C34H54N6O4. The lowest BCUT2D eigenvalue weighted by Gasteiger charge is -2.55. The second-order valence-electron chi connectivity index (χ2n) is 14.2. The van der Waals surface area contributed by atoms with Gasteiger partial charge < -0.3 is 19.4 Å². The first kappa shape index (κ1) is 32.6. The Hall–Kier alpha value is -2.75. The van der Waals surface area contributed by atoms with Gasteiger partial charge in [0.05, 0.1) is 17.0 Å². The topological polar surface area (TPSA) is 99.2 Å². The minimum atomic E-state index is -0.374. The highest BCUT2D eigenvalue weighted by molar-refractivity contribution is 5.96. The van der Waals surface area contributed by atoms with E-state index in [1.54, 1.807) is 6.92 Å². The summed E-state index contributed by atoms with van der Waals surface area (Å²) in [6.07, 6.45) is 11.4. The van der Waals surface area contributed by atoms with Crippen LogP contribution in [0.3, 0.4) is 0 Å². The molecule has 4 saturated heterocycles. The van der Waals surface area contributed by atoms with Crippen LogP contribution >= 0.6 is 0 Å². The van der Waals surface area contributed by atoms with Crippen LogP contribution in [0.5, 0.6) is 0 Å². The number of rotatable bonds is 8. The van der Waals surface area contributed by atoms with Gasteiger partial charge in [-0.25, -0.2) is 14.8 Å². The molecule has 0 N–H and O–H groups in total. The number of carbonyl (C=O) groups is 3. The fourth-order valence-corrected chi connectivity index (χ4v) is 8.19. The molecule has 1 aromatic heterocycles. The first-order chi connectivity index (χ1) is 21.0. The smallest absolute Gasteiger partial charge is 0.410 e. The number of aromatic nitrogens is 2. The molecular weight excluding hydrogens is 556 g/mol. The third-order valence-electron chi connectivity index (χ3n) is 11.4. The van der Waals surface area contributed by atoms with Gasteiger partial charge in [-0.05, 0) is 65.2 Å². The molecule has 0 bridgehead atoms. The van der Waals surface area contributed by atoms with E-state index in [1.807, 2.05) is 28.5 Å². The Morgan fingerprint density at radius 2 is 1.57 bits per heavy atom. The van der Waals surface area contributed by atoms with Crippen molar-refractivity contribution in [2.75, 3.05) is 52.4 Å². The number of nitrogens with zero attached hydrogens (tertiary/aromatic N) is 6. The molecule has 10 heteroatoms. The summed E-state index contributed by atoms with van der Waals surface area (Å²) in [5, 5.41) is 0. The van der Waals surface area contributed by atoms with Gasteiger partial charge in [0.1, 0.15) is 11.9 Å². The first-order valence-corrected chi connectivity index (χ1v) is 17.1. The average molecular weight is 611 g/mol. The van der Waals surface area contributed by atoms with Gasteiger partial charge in [0.25, 0.3) is 5.91 Å². The maximum Gasteiger partial charge on any atom is 0.410 e. The zero-order valence-electron chi connectivity index (χ0n) is 27.8. The van der Waals surface area contributed by atoms with E-state index in [2.05, 4.69) is 28.7 Å². The van der Waals surface area contributed by atoms with Gasteiger partial charge in [0.2, 0.25) is 5.91 Å². The lowest BCUT2D eigenvalue weighted by atomic mass is 9.74. The van der Waals surface area contributed by atoms with Crippen molar-refractivity contribution < 1.29 is 19.1 Å². The number of hydrogen-bond acceptors (Lipinski definition) is 7. The molecule has 0 aromatic carbocycles. The van der Waals surface area contributed by atoms with Crippen molar-refractivity contribution in [1.29, 1.82) is 0 Å². The summed E-state index contributed by atoms with van der Waals surface area (Å²) < 4.78 is 6.46. The number of carbonyl (C=O) groups excluding carboxylic acids is 3. The summed E-state index contributed by atoms with van der Waals surface area (Å²) in [4.78, 5) is 55.4. The van der Waals surface area contributed by atoms with Crippen LogP contribution in [0.15, 0.2) is 6.33 Å². The molecule has 4 aliphatic rings. The Labute approximate surface area is 263 Å². The summed E-state index contributed by atoms with van der Waals surface area (Å²) in [6.45, 7) is 16.5. The predicted octanol–water partition coefficient (Wildman–Crippen LogP) is 4.83. The molecule has 1 unspecified atom stereocenters. The van der Waals surface area contributed by atoms with E-state index in [4.69, 9.17) is 4.74 Å². The van der Waals surface area contributed by atoms with Gasteiger partial charge in [-0.2, -0.15) is 0 Å². The molecule has 4 aliphatic heterocycles. The highest BCUT2D eigenvalue weighted by Gasteiger charge is 2.51. The van der Waals surface area contributed by atoms with Crippen molar-refractivity contribution in [2.45, 2.75) is 110 Å². The number of piperidine rings is 3. The van der Waals surface area contributed by atoms with Gasteiger partial charge in [0.15, 0.2) is 0 Å². The highest BCUT2D eigenvalue weighted by atomic mass is 16.6. The zero-order valence-corrected chi connectivity index (χ0v) is 27.8. The van der Waals surface area contributed by atoms with Gasteiger partial charge in [-0.1, -0.05) is 19.8 Å². The fraction of sp³-hybridized carbons (Fsp3) is 0.794. The average Bonchev–Trinajstić information content (AvgIpc) is 3.01. The van der Waals surface area contributed by atoms with Gasteiger partial charge >= 0.3 is 6.09 Å². The van der Waals surface area contributed by atoms with Gasteiger partial charge in [0, 0.05) is 83.6 Å². The summed E-state index contributed by atoms with van der Waals surface area (Å²) in [5.74, 6) is 1.12. The third kappa shape index (κ3) is 6.90. The molecule has 5 rings (SSSR count). The molecule has 244 valence electrons. The van der Waals surface area contributed by atoms with Crippen molar-refractivity contribution in [2.24, 2.45) is 11.8 Å². The molecule has 1 aromatic rings. The van der Waals surface area contributed by atoms with E-state index < -0.39 is 0 Å². The Morgan fingerprint density at radius 3 is 2.16 bits per heavy atom. The summed E-state index contributed by atoms with van der Waals surface area (Å²) in [5.41, 5.74) is 1.77. The van der Waals surface area contributed by atoms with Crippen LogP contribution in [0.1, 0.15) is 107 Å². The maximum atomic E-state index is 13.4. The minimum Gasteiger partial charge on any atom is -0.442 e. The van der Waals surface area contributed by atoms with E-state index in [1.165, 1.54) is 6.33 Å². The second kappa shape index (κ2) is 13.7. The largest absolute Gasteiger partial charge is 0.442 e. The highest BCUT2D eigenvalue weighted by Crippen LogP contribution is 2.43. The molecule has 4 fully saturated rings. The monoisotopic (exact) mass is 610 g/mol. The number of ether oxygens (including phenoxy) is 1. The number of amides is 3. The molecule has 0 saturated carbocycles. The third-order valence-corrected chi connectivity index (χ3v) is 11.4.